The average molecular weight is 1400 g/mol. The van der Waals surface area contributed by atoms with E-state index >= 15 is 0 Å². The van der Waals surface area contributed by atoms with Crippen molar-refractivity contribution in [1.82, 2.24) is 0 Å². The van der Waals surface area contributed by atoms with E-state index in [9.17, 15) is 8.78 Å². The fourth-order valence-electron chi connectivity index (χ4n) is 13.2. The van der Waals surface area contributed by atoms with Gasteiger partial charge in [0, 0.05) is 0 Å². The van der Waals surface area contributed by atoms with Gasteiger partial charge in [-0.1, -0.05) is 382 Å². The van der Waals surface area contributed by atoms with E-state index in [1.807, 2.05) is 87.5 Å². The zero-order valence-electron chi connectivity index (χ0n) is 63.0. The molecule has 0 aliphatic rings. The molecule has 0 saturated carbocycles. The average Bonchev–Trinajstić information content (AvgIpc) is 0.814. The Morgan fingerprint density at radius 3 is 0.972 bits per heavy atom. The second kappa shape index (κ2) is 38.8. The summed E-state index contributed by atoms with van der Waals surface area (Å²) in [6.45, 7) is 16.4. The summed E-state index contributed by atoms with van der Waals surface area (Å²) in [6.07, 6.45) is 0. The predicted octanol–water partition coefficient (Wildman–Crippen LogP) is 30.2. The first-order valence-electron chi connectivity index (χ1n) is 36.9. The Kier molecular flexibility index (Phi) is 27.4. The van der Waals surface area contributed by atoms with Crippen molar-refractivity contribution in [3.63, 3.8) is 0 Å². The van der Waals surface area contributed by atoms with E-state index in [0.29, 0.717) is 5.56 Å². The van der Waals surface area contributed by atoms with Gasteiger partial charge in [0.1, 0.15) is 11.6 Å². The van der Waals surface area contributed by atoms with Crippen molar-refractivity contribution in [3.8, 4) is 89.0 Å². The summed E-state index contributed by atoms with van der Waals surface area (Å²) in [4.78, 5) is 0. The molecule has 0 radical (unpaired) electrons. The maximum atomic E-state index is 14.2. The molecular formula is C106H92F2. The van der Waals surface area contributed by atoms with Gasteiger partial charge in [-0.3, -0.25) is 0 Å². The lowest BCUT2D eigenvalue weighted by Gasteiger charge is -2.11. The minimum absolute atomic E-state index is 0.146. The second-order valence-corrected chi connectivity index (χ2v) is 27.1. The minimum atomic E-state index is -0.162. The van der Waals surface area contributed by atoms with Crippen LogP contribution in [-0.2, 0) is 0 Å². The third-order valence-electron chi connectivity index (χ3n) is 18.9. The van der Waals surface area contributed by atoms with E-state index in [0.717, 1.165) is 33.4 Å². The van der Waals surface area contributed by atoms with Gasteiger partial charge in [-0.2, -0.15) is 0 Å². The molecule has 108 heavy (non-hydrogen) atoms. The van der Waals surface area contributed by atoms with Crippen LogP contribution in [0.4, 0.5) is 8.78 Å². The molecule has 17 rings (SSSR count). The molecule has 0 unspecified atom stereocenters. The first-order valence-corrected chi connectivity index (χ1v) is 36.9. The highest BCUT2D eigenvalue weighted by Gasteiger charge is 2.12. The number of hydrogen-bond acceptors (Lipinski definition) is 0. The summed E-state index contributed by atoms with van der Waals surface area (Å²) in [5.41, 5.74) is 28.6. The highest BCUT2D eigenvalue weighted by atomic mass is 19.1. The van der Waals surface area contributed by atoms with Crippen molar-refractivity contribution >= 4 is 21.5 Å². The Hall–Kier alpha value is -12.9. The summed E-state index contributed by atoms with van der Waals surface area (Å²) in [5, 5.41) is 5.33. The molecular weight excluding hydrogens is 1310 g/mol. The van der Waals surface area contributed by atoms with Gasteiger partial charge in [0.2, 0.25) is 0 Å². The third kappa shape index (κ3) is 21.6. The zero-order chi connectivity index (χ0) is 75.4. The smallest absolute Gasteiger partial charge is 0.127 e. The van der Waals surface area contributed by atoms with E-state index in [1.54, 1.807) is 6.07 Å². The second-order valence-electron chi connectivity index (χ2n) is 27.1. The third-order valence-corrected chi connectivity index (χ3v) is 18.9. The van der Waals surface area contributed by atoms with Crippen LogP contribution in [-0.4, -0.2) is 0 Å². The minimum Gasteiger partial charge on any atom is -0.207 e. The topological polar surface area (TPSA) is 0 Å². The number of halogens is 2. The van der Waals surface area contributed by atoms with Crippen molar-refractivity contribution in [2.75, 3.05) is 0 Å². The maximum absolute atomic E-state index is 14.2. The molecule has 0 nitrogen and oxygen atoms in total. The molecule has 17 aromatic rings. The van der Waals surface area contributed by atoms with Gasteiger partial charge in [0.15, 0.2) is 0 Å². The largest absolute Gasteiger partial charge is 0.207 e. The summed E-state index contributed by atoms with van der Waals surface area (Å²) in [5.74, 6) is -0.308. The molecule has 0 aromatic heterocycles. The number of aryl methyl sites for hydroxylation is 6. The normalized spacial score (nSPS) is 10.3. The summed E-state index contributed by atoms with van der Waals surface area (Å²) >= 11 is 0. The number of hydrogen-bond donors (Lipinski definition) is 0. The fraction of sp³-hybridized carbons (Fsp3) is 0.0755. The first-order chi connectivity index (χ1) is 52.7. The van der Waals surface area contributed by atoms with Gasteiger partial charge in [-0.15, -0.1) is 0 Å². The van der Waals surface area contributed by atoms with Crippen LogP contribution in [0.3, 0.4) is 0 Å². The quantitative estimate of drug-likeness (QED) is 0.142. The van der Waals surface area contributed by atoms with Crippen LogP contribution in [0.25, 0.3) is 111 Å². The van der Waals surface area contributed by atoms with Gasteiger partial charge in [-0.25, -0.2) is 8.78 Å². The van der Waals surface area contributed by atoms with Crippen molar-refractivity contribution in [1.29, 1.82) is 0 Å². The molecule has 0 heterocycles. The molecule has 0 fully saturated rings. The van der Waals surface area contributed by atoms with E-state index < -0.39 is 0 Å². The lowest BCUT2D eigenvalue weighted by molar-refractivity contribution is 0.619. The van der Waals surface area contributed by atoms with Gasteiger partial charge in [0.05, 0.1) is 0 Å². The van der Waals surface area contributed by atoms with Crippen LogP contribution in [0.2, 0.25) is 0 Å². The fourth-order valence-corrected chi connectivity index (χ4v) is 13.2. The van der Waals surface area contributed by atoms with Crippen molar-refractivity contribution in [2.24, 2.45) is 0 Å². The number of rotatable bonds is 8. The molecule has 0 N–H and O–H groups in total. The molecule has 0 amide bonds. The molecule has 0 aliphatic carbocycles. The van der Waals surface area contributed by atoms with Crippen molar-refractivity contribution in [2.45, 2.75) is 55.4 Å². The standard InChI is InChI=1S/C19H15F.3C19H16.2C11H10.C8H9F/c1-14-18(16-10-6-3-7-11-16)12-17(13-19(14)20)15-8-4-2-5-9-15;1-15-18(16-9-4-2-5-10-16)13-8-14-19(15)17-11-6-3-7-12-17;1-15-12-18(16-8-4-2-5-9-16)14-19(13-15)17-10-6-3-7-11-17;1-15-12-13-18(16-8-4-2-5-9-16)14-19(15)17-10-6-3-7-11-17;1-9-5-4-7-10-6-2-3-8-11(9)10;1-9-6-7-10-4-2-3-5-11(10)8-9;1-6-3-7(2)5-8(9)4-6/h2-13H,1H3;3*2-14H,1H3;2*2-8H,1H3;3-5H,1-2H3. The molecule has 0 saturated heterocycles. The summed E-state index contributed by atoms with van der Waals surface area (Å²) in [6, 6.07) is 141. The molecule has 0 atom stereocenters. The van der Waals surface area contributed by atoms with E-state index in [1.165, 1.54) is 128 Å². The maximum Gasteiger partial charge on any atom is 0.127 e. The lowest BCUT2D eigenvalue weighted by atomic mass is 9.93. The predicted molar refractivity (Wildman–Crippen MR) is 461 cm³/mol. The van der Waals surface area contributed by atoms with E-state index in [4.69, 9.17) is 0 Å². The first kappa shape index (κ1) is 76.3. The summed E-state index contributed by atoms with van der Waals surface area (Å²) in [7, 11) is 0. The van der Waals surface area contributed by atoms with Crippen LogP contribution in [0, 0.1) is 67.0 Å². The highest BCUT2D eigenvalue weighted by Crippen LogP contribution is 2.35. The number of fused-ring (bicyclic) bond motifs is 2. The van der Waals surface area contributed by atoms with Crippen LogP contribution < -0.4 is 0 Å². The zero-order valence-corrected chi connectivity index (χ0v) is 63.0. The molecule has 530 valence electrons. The summed E-state index contributed by atoms with van der Waals surface area (Å²) < 4.78 is 26.6. The Labute approximate surface area is 639 Å². The van der Waals surface area contributed by atoms with E-state index in [-0.39, 0.29) is 11.6 Å². The van der Waals surface area contributed by atoms with Crippen LogP contribution >= 0.6 is 0 Å². The monoisotopic (exact) mass is 1400 g/mol. The lowest BCUT2D eigenvalue weighted by Crippen LogP contribution is -1.90. The van der Waals surface area contributed by atoms with Crippen LogP contribution in [0.15, 0.2) is 413 Å². The Bertz CT molecular complexity index is 5390. The van der Waals surface area contributed by atoms with Gasteiger partial charge < -0.3 is 0 Å². The Balaban J connectivity index is 0.000000127. The Morgan fingerprint density at radius 1 is 0.167 bits per heavy atom. The molecule has 2 heteroatoms. The van der Waals surface area contributed by atoms with Gasteiger partial charge in [-0.05, 0) is 241 Å². The van der Waals surface area contributed by atoms with Crippen LogP contribution in [0.1, 0.15) is 44.5 Å². The van der Waals surface area contributed by atoms with Crippen LogP contribution in [0.5, 0.6) is 0 Å². The SMILES string of the molecule is Cc1c(-c2ccccc2)cccc1-c1ccccc1.Cc1c(F)cc(-c2ccccc2)cc1-c1ccccc1.Cc1cc(-c2ccccc2)cc(-c2ccccc2)c1.Cc1cc(C)cc(F)c1.Cc1ccc(-c2ccccc2)cc1-c1ccccc1.Cc1ccc2ccccc2c1.Cc1cccc2ccccc12. The Morgan fingerprint density at radius 2 is 0.519 bits per heavy atom. The van der Waals surface area contributed by atoms with Gasteiger partial charge in [0.25, 0.3) is 0 Å². The molecule has 0 bridgehead atoms. The van der Waals surface area contributed by atoms with Crippen molar-refractivity contribution < 1.29 is 8.78 Å². The van der Waals surface area contributed by atoms with Gasteiger partial charge >= 0.3 is 0 Å². The molecule has 0 aliphatic heterocycles. The van der Waals surface area contributed by atoms with Crippen molar-refractivity contribution in [3.05, 3.63) is 469 Å². The molecule has 0 spiro atoms. The van der Waals surface area contributed by atoms with E-state index in [2.05, 4.69) is 362 Å². The highest BCUT2D eigenvalue weighted by molar-refractivity contribution is 5.86. The molecule has 17 aromatic carbocycles. The number of benzene rings is 17.